The van der Waals surface area contributed by atoms with Gasteiger partial charge in [-0.05, 0) is 79.8 Å². The molecule has 1 atom stereocenters. The summed E-state index contributed by atoms with van der Waals surface area (Å²) in [6, 6.07) is 13.4. The average molecular weight is 439 g/mol. The molecule has 2 aromatic rings. The van der Waals surface area contributed by atoms with E-state index in [0.717, 1.165) is 31.7 Å². The highest BCUT2D eigenvalue weighted by atomic mass is 32.2. The zero-order valence-corrected chi connectivity index (χ0v) is 18.6. The van der Waals surface area contributed by atoms with E-state index in [0.29, 0.717) is 6.42 Å². The van der Waals surface area contributed by atoms with Gasteiger partial charge in [0.1, 0.15) is 12.4 Å². The Labute approximate surface area is 178 Å². The normalized spacial score (nSPS) is 11.6. The van der Waals surface area contributed by atoms with Crippen LogP contribution in [0.4, 0.5) is 4.39 Å². The van der Waals surface area contributed by atoms with Crippen LogP contribution in [-0.2, 0) is 22.1 Å². The molecule has 0 heterocycles. The molecule has 29 heavy (non-hydrogen) atoms. The number of halogens is 1. The quantitative estimate of drug-likeness (QED) is 0.222. The lowest BCUT2D eigenvalue weighted by Crippen LogP contribution is -2.16. The third kappa shape index (κ3) is 10.3. The molecule has 4 nitrogen and oxygen atoms in total. The van der Waals surface area contributed by atoms with E-state index in [4.69, 9.17) is 4.89 Å². The lowest BCUT2D eigenvalue weighted by atomic mass is 10.1. The van der Waals surface area contributed by atoms with Gasteiger partial charge < -0.3 is 5.32 Å². The molecule has 0 aromatic heterocycles. The van der Waals surface area contributed by atoms with Gasteiger partial charge in [-0.2, -0.15) is 0 Å². The predicted molar refractivity (Wildman–Crippen MR) is 118 cm³/mol. The van der Waals surface area contributed by atoms with Crippen molar-refractivity contribution in [3.8, 4) is 0 Å². The molecule has 0 radical (unpaired) electrons. The van der Waals surface area contributed by atoms with Crippen LogP contribution in [0.25, 0.3) is 0 Å². The fraction of sp³-hybridized carbons (Fsp3) is 0.455. The van der Waals surface area contributed by atoms with Crippen molar-refractivity contribution in [2.24, 2.45) is 0 Å². The maximum atomic E-state index is 12.9. The Hall–Kier alpha value is -1.30. The number of aryl methyl sites for hydroxylation is 2. The third-order valence-electron chi connectivity index (χ3n) is 4.55. The number of thioether (sulfide) groups is 1. The van der Waals surface area contributed by atoms with Gasteiger partial charge >= 0.3 is 8.25 Å². The topological polar surface area (TPSA) is 58.6 Å². The Kier molecular flexibility index (Phi) is 11.4. The van der Waals surface area contributed by atoms with Crippen molar-refractivity contribution in [1.29, 1.82) is 0 Å². The minimum atomic E-state index is -2.49. The first-order valence-corrected chi connectivity index (χ1v) is 12.1. The molecular weight excluding hydrogens is 408 g/mol. The van der Waals surface area contributed by atoms with Crippen LogP contribution in [0.1, 0.15) is 42.4 Å². The Balaban J connectivity index is 1.58. The summed E-state index contributed by atoms with van der Waals surface area (Å²) < 4.78 is 27.9. The van der Waals surface area contributed by atoms with Crippen molar-refractivity contribution in [3.05, 3.63) is 65.0 Å². The standard InChI is InChI=1S/C22H29FNO3PS/c1-18-16-20(17-24-13-5-14-27-28(25)26)9-12-22(18)29-15-4-2-3-6-19-7-10-21(23)11-8-19/h7-12,16,24H,2-6,13-15,17H2,1H3/p+1. The minimum absolute atomic E-state index is 0.172. The lowest BCUT2D eigenvalue weighted by molar-refractivity contribution is 0.276. The molecule has 0 aliphatic rings. The van der Waals surface area contributed by atoms with E-state index in [1.54, 1.807) is 0 Å². The zero-order valence-electron chi connectivity index (χ0n) is 16.9. The van der Waals surface area contributed by atoms with E-state index in [9.17, 15) is 8.96 Å². The Morgan fingerprint density at radius 1 is 1.07 bits per heavy atom. The number of nitrogens with one attached hydrogen (secondary N) is 1. The highest BCUT2D eigenvalue weighted by Gasteiger charge is 2.10. The maximum absolute atomic E-state index is 12.9. The Morgan fingerprint density at radius 2 is 1.83 bits per heavy atom. The van der Waals surface area contributed by atoms with Crippen LogP contribution in [0.2, 0.25) is 0 Å². The molecule has 2 aromatic carbocycles. The van der Waals surface area contributed by atoms with Crippen LogP contribution in [0.5, 0.6) is 0 Å². The molecule has 158 valence electrons. The SMILES string of the molecule is Cc1cc(CNCCCO[P+](=O)O)ccc1SCCCCCc1ccc(F)cc1. The monoisotopic (exact) mass is 438 g/mol. The number of hydrogen-bond donors (Lipinski definition) is 2. The summed E-state index contributed by atoms with van der Waals surface area (Å²) in [6.07, 6.45) is 5.21. The van der Waals surface area contributed by atoms with Gasteiger partial charge in [-0.1, -0.05) is 30.7 Å². The molecule has 0 aliphatic carbocycles. The minimum Gasteiger partial charge on any atom is -0.313 e. The second-order valence-electron chi connectivity index (χ2n) is 6.99. The number of benzene rings is 2. The highest BCUT2D eigenvalue weighted by molar-refractivity contribution is 7.99. The van der Waals surface area contributed by atoms with Crippen molar-refractivity contribution in [1.82, 2.24) is 5.32 Å². The molecule has 0 fully saturated rings. The van der Waals surface area contributed by atoms with Crippen LogP contribution in [0.15, 0.2) is 47.4 Å². The van der Waals surface area contributed by atoms with E-state index in [1.165, 1.54) is 46.6 Å². The van der Waals surface area contributed by atoms with Crippen LogP contribution in [0, 0.1) is 12.7 Å². The molecule has 0 saturated heterocycles. The molecule has 0 spiro atoms. The summed E-state index contributed by atoms with van der Waals surface area (Å²) in [5.41, 5.74) is 3.73. The molecule has 2 rings (SSSR count). The largest absolute Gasteiger partial charge is 0.694 e. The lowest BCUT2D eigenvalue weighted by Gasteiger charge is -2.09. The van der Waals surface area contributed by atoms with Crippen LogP contribution in [0.3, 0.4) is 0 Å². The van der Waals surface area contributed by atoms with E-state index in [1.807, 2.05) is 23.9 Å². The third-order valence-corrected chi connectivity index (χ3v) is 6.21. The van der Waals surface area contributed by atoms with Crippen LogP contribution >= 0.6 is 20.0 Å². The summed E-state index contributed by atoms with van der Waals surface area (Å²) in [5, 5.41) is 3.32. The van der Waals surface area contributed by atoms with Gasteiger partial charge in [0, 0.05) is 16.0 Å². The Morgan fingerprint density at radius 3 is 2.55 bits per heavy atom. The summed E-state index contributed by atoms with van der Waals surface area (Å²) in [4.78, 5) is 9.88. The average Bonchev–Trinajstić information content (AvgIpc) is 2.69. The fourth-order valence-electron chi connectivity index (χ4n) is 3.00. The van der Waals surface area contributed by atoms with Gasteiger partial charge in [0.2, 0.25) is 0 Å². The van der Waals surface area contributed by atoms with E-state index >= 15 is 0 Å². The Bertz CT molecular complexity index is 758. The van der Waals surface area contributed by atoms with Crippen LogP contribution < -0.4 is 5.32 Å². The summed E-state index contributed by atoms with van der Waals surface area (Å²) >= 11 is 1.90. The molecule has 0 bridgehead atoms. The smallest absolute Gasteiger partial charge is 0.313 e. The molecule has 2 N–H and O–H groups in total. The van der Waals surface area contributed by atoms with Gasteiger partial charge in [0.25, 0.3) is 0 Å². The van der Waals surface area contributed by atoms with Crippen molar-refractivity contribution in [2.75, 3.05) is 18.9 Å². The number of hydrogen-bond acceptors (Lipinski definition) is 4. The second-order valence-corrected chi connectivity index (χ2v) is 8.86. The molecule has 0 aliphatic heterocycles. The molecular formula is C22H30FNO3PS+. The summed E-state index contributed by atoms with van der Waals surface area (Å²) in [6.45, 7) is 3.96. The van der Waals surface area contributed by atoms with Gasteiger partial charge in [-0.25, -0.2) is 4.39 Å². The molecule has 0 amide bonds. The molecule has 0 saturated carbocycles. The zero-order chi connectivity index (χ0) is 20.9. The van der Waals surface area contributed by atoms with Crippen molar-refractivity contribution in [3.63, 3.8) is 0 Å². The van der Waals surface area contributed by atoms with Gasteiger partial charge in [-0.3, -0.25) is 0 Å². The van der Waals surface area contributed by atoms with E-state index in [-0.39, 0.29) is 12.4 Å². The van der Waals surface area contributed by atoms with Crippen molar-refractivity contribution in [2.45, 2.75) is 50.5 Å². The highest BCUT2D eigenvalue weighted by Crippen LogP contribution is 2.25. The second kappa shape index (κ2) is 13.8. The first-order valence-electron chi connectivity index (χ1n) is 10.0. The maximum Gasteiger partial charge on any atom is 0.694 e. The van der Waals surface area contributed by atoms with Crippen molar-refractivity contribution < 1.29 is 18.4 Å². The van der Waals surface area contributed by atoms with E-state index < -0.39 is 8.25 Å². The molecule has 1 unspecified atom stereocenters. The molecule has 7 heteroatoms. The van der Waals surface area contributed by atoms with Gasteiger partial charge in [-0.15, -0.1) is 21.2 Å². The fourth-order valence-corrected chi connectivity index (χ4v) is 4.30. The predicted octanol–water partition coefficient (Wildman–Crippen LogP) is 5.79. The summed E-state index contributed by atoms with van der Waals surface area (Å²) in [7, 11) is -2.49. The van der Waals surface area contributed by atoms with Gasteiger partial charge in [0.05, 0.1) is 0 Å². The summed E-state index contributed by atoms with van der Waals surface area (Å²) in [5.74, 6) is 0.934. The van der Waals surface area contributed by atoms with Crippen LogP contribution in [-0.4, -0.2) is 23.8 Å². The van der Waals surface area contributed by atoms with Crippen molar-refractivity contribution >= 4 is 20.0 Å². The number of unbranched alkanes of at least 4 members (excludes halogenated alkanes) is 2. The first kappa shape index (κ1) is 24.0. The van der Waals surface area contributed by atoms with Gasteiger partial charge in [0.15, 0.2) is 0 Å². The van der Waals surface area contributed by atoms with E-state index in [2.05, 4.69) is 35.0 Å². The first-order chi connectivity index (χ1) is 14.0. The number of rotatable bonds is 14.